The largest absolute Gasteiger partial charge is 0.482 e. The molecule has 0 saturated heterocycles. The first-order valence-electron chi connectivity index (χ1n) is 9.87. The number of anilines is 2. The number of rotatable bonds is 4. The van der Waals surface area contributed by atoms with Gasteiger partial charge in [0.15, 0.2) is 6.61 Å². The first kappa shape index (κ1) is 19.7. The van der Waals surface area contributed by atoms with Crippen LogP contribution in [0.5, 0.6) is 5.75 Å². The minimum Gasteiger partial charge on any atom is -0.482 e. The number of halogens is 2. The van der Waals surface area contributed by atoms with Crippen molar-refractivity contribution in [3.63, 3.8) is 0 Å². The van der Waals surface area contributed by atoms with E-state index in [1.54, 1.807) is 47.0 Å². The van der Waals surface area contributed by atoms with Crippen LogP contribution in [0.2, 0.25) is 0 Å². The number of nitrogens with zero attached hydrogens (tertiary/aromatic N) is 1. The highest BCUT2D eigenvalue weighted by molar-refractivity contribution is 6.07. The van der Waals surface area contributed by atoms with Gasteiger partial charge in [-0.1, -0.05) is 12.1 Å². The van der Waals surface area contributed by atoms with Gasteiger partial charge in [0.05, 0.1) is 5.69 Å². The summed E-state index contributed by atoms with van der Waals surface area (Å²) in [5.41, 5.74) is 2.50. The molecule has 3 aromatic carbocycles. The highest BCUT2D eigenvalue weighted by atomic mass is 19.1. The van der Waals surface area contributed by atoms with Crippen molar-refractivity contribution in [2.45, 2.75) is 6.54 Å². The Labute approximate surface area is 181 Å². The summed E-state index contributed by atoms with van der Waals surface area (Å²) in [6.07, 6.45) is 0. The molecule has 8 heteroatoms. The van der Waals surface area contributed by atoms with Crippen molar-refractivity contribution in [2.24, 2.45) is 0 Å². The lowest BCUT2D eigenvalue weighted by Gasteiger charge is -2.18. The molecule has 0 atom stereocenters. The summed E-state index contributed by atoms with van der Waals surface area (Å²) in [5.74, 6) is -0.996. The monoisotopic (exact) mass is 433 g/mol. The lowest BCUT2D eigenvalue weighted by atomic mass is 10.2. The Morgan fingerprint density at radius 3 is 2.72 bits per heavy atom. The predicted octanol–water partition coefficient (Wildman–Crippen LogP) is 4.55. The first-order valence-corrected chi connectivity index (χ1v) is 9.87. The van der Waals surface area contributed by atoms with E-state index in [1.165, 1.54) is 24.3 Å². The molecule has 32 heavy (non-hydrogen) atoms. The maximum Gasteiger partial charge on any atom is 0.272 e. The molecule has 0 unspecified atom stereocenters. The van der Waals surface area contributed by atoms with Crippen LogP contribution in [0.25, 0.3) is 10.9 Å². The molecular formula is C24H17F2N3O3. The SMILES string of the molecule is O=C1COc2ccc(NC(=O)c3cc4cc(F)ccc4n3Cc3cccc(F)c3)cc2N1. The highest BCUT2D eigenvalue weighted by Gasteiger charge is 2.19. The van der Waals surface area contributed by atoms with Crippen LogP contribution >= 0.6 is 0 Å². The number of fused-ring (bicyclic) bond motifs is 2. The Morgan fingerprint density at radius 2 is 1.88 bits per heavy atom. The quantitative estimate of drug-likeness (QED) is 0.496. The van der Waals surface area contributed by atoms with E-state index in [1.807, 2.05) is 0 Å². The van der Waals surface area contributed by atoms with Crippen LogP contribution in [0.4, 0.5) is 20.2 Å². The zero-order valence-corrected chi connectivity index (χ0v) is 16.7. The van der Waals surface area contributed by atoms with Gasteiger partial charge < -0.3 is 19.9 Å². The van der Waals surface area contributed by atoms with E-state index >= 15 is 0 Å². The van der Waals surface area contributed by atoms with Crippen LogP contribution in [0.15, 0.2) is 66.7 Å². The molecule has 1 aliphatic rings. The van der Waals surface area contributed by atoms with Gasteiger partial charge in [-0.15, -0.1) is 0 Å². The Kier molecular flexibility index (Phi) is 4.82. The minimum atomic E-state index is -0.430. The number of carbonyl (C=O) groups excluding carboxylic acids is 2. The molecule has 6 nitrogen and oxygen atoms in total. The number of benzene rings is 3. The third-order valence-corrected chi connectivity index (χ3v) is 5.20. The lowest BCUT2D eigenvalue weighted by Crippen LogP contribution is -2.25. The Balaban J connectivity index is 1.51. The molecule has 5 rings (SSSR count). The fourth-order valence-electron chi connectivity index (χ4n) is 3.77. The van der Waals surface area contributed by atoms with Gasteiger partial charge in [-0.25, -0.2) is 8.78 Å². The molecule has 0 spiro atoms. The van der Waals surface area contributed by atoms with Gasteiger partial charge in [-0.2, -0.15) is 0 Å². The van der Waals surface area contributed by atoms with E-state index in [2.05, 4.69) is 10.6 Å². The average Bonchev–Trinajstić information content (AvgIpc) is 3.11. The molecular weight excluding hydrogens is 416 g/mol. The molecule has 4 aromatic rings. The Bertz CT molecular complexity index is 1380. The number of nitrogens with one attached hydrogen (secondary N) is 2. The van der Waals surface area contributed by atoms with Crippen molar-refractivity contribution in [2.75, 3.05) is 17.2 Å². The Morgan fingerprint density at radius 1 is 1.03 bits per heavy atom. The molecule has 0 saturated carbocycles. The van der Waals surface area contributed by atoms with Crippen LogP contribution in [0, 0.1) is 11.6 Å². The van der Waals surface area contributed by atoms with E-state index in [9.17, 15) is 18.4 Å². The first-order chi connectivity index (χ1) is 15.5. The van der Waals surface area contributed by atoms with Gasteiger partial charge in [-0.05, 0) is 60.2 Å². The average molecular weight is 433 g/mol. The number of hydrogen-bond donors (Lipinski definition) is 2. The summed E-state index contributed by atoms with van der Waals surface area (Å²) in [5, 5.41) is 6.05. The summed E-state index contributed by atoms with van der Waals surface area (Å²) in [4.78, 5) is 24.7. The second-order valence-electron chi connectivity index (χ2n) is 7.45. The van der Waals surface area contributed by atoms with Crippen molar-refractivity contribution in [3.8, 4) is 5.75 Å². The van der Waals surface area contributed by atoms with Crippen molar-refractivity contribution in [3.05, 3.63) is 89.6 Å². The molecule has 1 aromatic heterocycles. The van der Waals surface area contributed by atoms with Crippen LogP contribution in [-0.2, 0) is 11.3 Å². The van der Waals surface area contributed by atoms with E-state index in [4.69, 9.17) is 4.74 Å². The zero-order valence-electron chi connectivity index (χ0n) is 16.7. The summed E-state index contributed by atoms with van der Waals surface area (Å²) in [6, 6.07) is 16.9. The van der Waals surface area contributed by atoms with Gasteiger partial charge in [0.2, 0.25) is 0 Å². The van der Waals surface area contributed by atoms with Gasteiger partial charge in [0.25, 0.3) is 11.8 Å². The van der Waals surface area contributed by atoms with E-state index in [-0.39, 0.29) is 30.6 Å². The maximum absolute atomic E-state index is 13.8. The van der Waals surface area contributed by atoms with Crippen LogP contribution in [0.1, 0.15) is 16.1 Å². The maximum atomic E-state index is 13.8. The van der Waals surface area contributed by atoms with E-state index in [0.717, 1.165) is 0 Å². The second kappa shape index (κ2) is 7.81. The third-order valence-electron chi connectivity index (χ3n) is 5.20. The van der Waals surface area contributed by atoms with Crippen molar-refractivity contribution >= 4 is 34.1 Å². The van der Waals surface area contributed by atoms with Crippen molar-refractivity contribution in [1.29, 1.82) is 0 Å². The van der Waals surface area contributed by atoms with Gasteiger partial charge in [0, 0.05) is 23.1 Å². The number of aromatic nitrogens is 1. The standard InChI is InChI=1S/C24H17F2N3O3/c25-16-3-1-2-14(8-16)12-29-20-6-4-17(26)9-15(20)10-21(29)24(31)27-18-5-7-22-19(11-18)28-23(30)13-32-22/h1-11H,12-13H2,(H,27,31)(H,28,30). The van der Waals surface area contributed by atoms with Crippen molar-refractivity contribution < 1.29 is 23.1 Å². The third kappa shape index (κ3) is 3.78. The molecule has 2 heterocycles. The van der Waals surface area contributed by atoms with Crippen LogP contribution in [-0.4, -0.2) is 23.0 Å². The van der Waals surface area contributed by atoms with Crippen LogP contribution < -0.4 is 15.4 Å². The lowest BCUT2D eigenvalue weighted by molar-refractivity contribution is -0.118. The number of carbonyl (C=O) groups is 2. The highest BCUT2D eigenvalue weighted by Crippen LogP contribution is 2.31. The smallest absolute Gasteiger partial charge is 0.272 e. The molecule has 0 radical (unpaired) electrons. The van der Waals surface area contributed by atoms with Crippen molar-refractivity contribution in [1.82, 2.24) is 4.57 Å². The summed E-state index contributed by atoms with van der Waals surface area (Å²) in [7, 11) is 0. The Hall–Kier alpha value is -4.20. The molecule has 0 aliphatic carbocycles. The van der Waals surface area contributed by atoms with Crippen LogP contribution in [0.3, 0.4) is 0 Å². The van der Waals surface area contributed by atoms with Gasteiger partial charge in [-0.3, -0.25) is 9.59 Å². The molecule has 1 aliphatic heterocycles. The van der Waals surface area contributed by atoms with E-state index in [0.29, 0.717) is 33.6 Å². The summed E-state index contributed by atoms with van der Waals surface area (Å²) >= 11 is 0. The predicted molar refractivity (Wildman–Crippen MR) is 116 cm³/mol. The molecule has 0 bridgehead atoms. The second-order valence-corrected chi connectivity index (χ2v) is 7.45. The van der Waals surface area contributed by atoms with Gasteiger partial charge >= 0.3 is 0 Å². The fraction of sp³-hybridized carbons (Fsp3) is 0.0833. The molecule has 0 fully saturated rings. The fourth-order valence-corrected chi connectivity index (χ4v) is 3.77. The summed E-state index contributed by atoms with van der Waals surface area (Å²) < 4.78 is 34.5. The molecule has 2 N–H and O–H groups in total. The van der Waals surface area contributed by atoms with Gasteiger partial charge in [0.1, 0.15) is 23.1 Å². The minimum absolute atomic E-state index is 0.0601. The number of ether oxygens (including phenoxy) is 1. The van der Waals surface area contributed by atoms with E-state index < -0.39 is 11.7 Å². The molecule has 160 valence electrons. The summed E-state index contributed by atoms with van der Waals surface area (Å²) in [6.45, 7) is 0.166. The topological polar surface area (TPSA) is 72.4 Å². The number of hydrogen-bond acceptors (Lipinski definition) is 3. The number of amides is 2. The zero-order chi connectivity index (χ0) is 22.2. The normalized spacial score (nSPS) is 12.8. The molecule has 2 amide bonds.